The molecule has 1 atom stereocenters. The van der Waals surface area contributed by atoms with Gasteiger partial charge in [-0.05, 0) is 37.5 Å². The van der Waals surface area contributed by atoms with Crippen LogP contribution >= 0.6 is 0 Å². The number of sulfonamides is 1. The predicted octanol–water partition coefficient (Wildman–Crippen LogP) is 1.47. The highest BCUT2D eigenvalue weighted by atomic mass is 32.2. The molecule has 0 aliphatic carbocycles. The van der Waals surface area contributed by atoms with Gasteiger partial charge in [-0.15, -0.1) is 0 Å². The first-order chi connectivity index (χ1) is 10.8. The highest BCUT2D eigenvalue weighted by Crippen LogP contribution is 2.22. The maximum atomic E-state index is 12.6. The molecule has 6 nitrogen and oxygen atoms in total. The summed E-state index contributed by atoms with van der Waals surface area (Å²) < 4.78 is 30.2. The Morgan fingerprint density at radius 1 is 1.35 bits per heavy atom. The molecule has 0 unspecified atom stereocenters. The van der Waals surface area contributed by atoms with Gasteiger partial charge in [-0.1, -0.05) is 12.1 Å². The van der Waals surface area contributed by atoms with Gasteiger partial charge in [0.15, 0.2) is 0 Å². The van der Waals surface area contributed by atoms with Gasteiger partial charge in [0.25, 0.3) is 0 Å². The van der Waals surface area contributed by atoms with Crippen molar-refractivity contribution in [1.82, 2.24) is 9.21 Å². The van der Waals surface area contributed by atoms with Gasteiger partial charge in [0.1, 0.15) is 11.8 Å². The largest absolute Gasteiger partial charge is 0.494 e. The highest BCUT2D eigenvalue weighted by molar-refractivity contribution is 7.88. The standard InChI is InChI=1S/C16H24N2O4S/c1-4-22-14-9-7-13(8-10-14)12-17(2)16(19)15-6-5-11-18(15)23(3,20)21/h7-10,15H,4-6,11-12H2,1-3H3/t15-/m1/s1. The molecule has 1 aliphatic rings. The van der Waals surface area contributed by atoms with E-state index in [2.05, 4.69) is 0 Å². The summed E-state index contributed by atoms with van der Waals surface area (Å²) in [5.41, 5.74) is 0.980. The fourth-order valence-corrected chi connectivity index (χ4v) is 3.97. The molecule has 7 heteroatoms. The summed E-state index contributed by atoms with van der Waals surface area (Å²) in [4.78, 5) is 14.2. The molecule has 0 N–H and O–H groups in total. The maximum absolute atomic E-state index is 12.6. The molecule has 0 radical (unpaired) electrons. The first-order valence-corrected chi connectivity index (χ1v) is 9.61. The first kappa shape index (κ1) is 17.7. The molecule has 1 saturated heterocycles. The van der Waals surface area contributed by atoms with Gasteiger partial charge in [0, 0.05) is 20.1 Å². The van der Waals surface area contributed by atoms with Gasteiger partial charge in [0.2, 0.25) is 15.9 Å². The number of ether oxygens (including phenoxy) is 1. The van der Waals surface area contributed by atoms with Crippen LogP contribution in [-0.4, -0.2) is 56.0 Å². The van der Waals surface area contributed by atoms with Crippen molar-refractivity contribution >= 4 is 15.9 Å². The zero-order valence-corrected chi connectivity index (χ0v) is 14.7. The van der Waals surface area contributed by atoms with Gasteiger partial charge >= 0.3 is 0 Å². The number of amides is 1. The minimum atomic E-state index is -3.35. The molecule has 23 heavy (non-hydrogen) atoms. The second-order valence-electron chi connectivity index (χ2n) is 5.80. The summed E-state index contributed by atoms with van der Waals surface area (Å²) in [5, 5.41) is 0. The van der Waals surface area contributed by atoms with E-state index in [1.807, 2.05) is 31.2 Å². The summed E-state index contributed by atoms with van der Waals surface area (Å²) in [5.74, 6) is 0.645. The molecule has 1 aromatic rings. The van der Waals surface area contributed by atoms with E-state index in [-0.39, 0.29) is 5.91 Å². The van der Waals surface area contributed by atoms with Crippen molar-refractivity contribution in [3.63, 3.8) is 0 Å². The van der Waals surface area contributed by atoms with Crippen molar-refractivity contribution in [2.45, 2.75) is 32.4 Å². The van der Waals surface area contributed by atoms with Crippen molar-refractivity contribution in [2.75, 3.05) is 26.5 Å². The van der Waals surface area contributed by atoms with Gasteiger partial charge in [0.05, 0.1) is 12.9 Å². The van der Waals surface area contributed by atoms with Crippen LogP contribution in [0.15, 0.2) is 24.3 Å². The molecular formula is C16H24N2O4S. The summed E-state index contributed by atoms with van der Waals surface area (Å²) in [6.45, 7) is 3.40. The molecule has 0 bridgehead atoms. The normalized spacial score (nSPS) is 18.8. The van der Waals surface area contributed by atoms with Crippen molar-refractivity contribution < 1.29 is 17.9 Å². The van der Waals surface area contributed by atoms with E-state index in [0.29, 0.717) is 26.1 Å². The number of hydrogen-bond acceptors (Lipinski definition) is 4. The molecule has 0 aromatic heterocycles. The average Bonchev–Trinajstić information content (AvgIpc) is 2.98. The Morgan fingerprint density at radius 3 is 2.57 bits per heavy atom. The minimum Gasteiger partial charge on any atom is -0.494 e. The van der Waals surface area contributed by atoms with Crippen molar-refractivity contribution in [3.05, 3.63) is 29.8 Å². The van der Waals surface area contributed by atoms with Crippen LogP contribution in [0.5, 0.6) is 5.75 Å². The van der Waals surface area contributed by atoms with Crippen molar-refractivity contribution in [3.8, 4) is 5.75 Å². The van der Waals surface area contributed by atoms with Gasteiger partial charge in [-0.25, -0.2) is 8.42 Å². The lowest BCUT2D eigenvalue weighted by atomic mass is 10.1. The number of likely N-dealkylation sites (N-methyl/N-ethyl adjacent to an activating group) is 1. The Bertz CT molecular complexity index is 643. The molecule has 0 spiro atoms. The molecule has 0 saturated carbocycles. The summed E-state index contributed by atoms with van der Waals surface area (Å²) in [6.07, 6.45) is 2.46. The zero-order valence-electron chi connectivity index (χ0n) is 13.9. The molecule has 1 fully saturated rings. The third-order valence-electron chi connectivity index (χ3n) is 3.95. The van der Waals surface area contributed by atoms with E-state index in [1.54, 1.807) is 11.9 Å². The number of carbonyl (C=O) groups is 1. The molecular weight excluding hydrogens is 316 g/mol. The fraction of sp³-hybridized carbons (Fsp3) is 0.562. The van der Waals surface area contributed by atoms with Crippen molar-refractivity contribution in [1.29, 1.82) is 0 Å². The maximum Gasteiger partial charge on any atom is 0.241 e. The number of rotatable bonds is 6. The monoisotopic (exact) mass is 340 g/mol. The van der Waals surface area contributed by atoms with Crippen LogP contribution in [0.4, 0.5) is 0 Å². The van der Waals surface area contributed by atoms with E-state index in [0.717, 1.165) is 24.0 Å². The Labute approximate surface area is 138 Å². The molecule has 1 aliphatic heterocycles. The molecule has 1 aromatic carbocycles. The number of nitrogens with zero attached hydrogens (tertiary/aromatic N) is 2. The average molecular weight is 340 g/mol. The molecule has 128 valence electrons. The highest BCUT2D eigenvalue weighted by Gasteiger charge is 2.37. The Hall–Kier alpha value is -1.60. The second kappa shape index (κ2) is 7.31. The van der Waals surface area contributed by atoms with Crippen molar-refractivity contribution in [2.24, 2.45) is 0 Å². The Balaban J connectivity index is 2.02. The molecule has 1 heterocycles. The lowest BCUT2D eigenvalue weighted by Crippen LogP contribution is -2.45. The Morgan fingerprint density at radius 2 is 2.00 bits per heavy atom. The quantitative estimate of drug-likeness (QED) is 0.786. The van der Waals surface area contributed by atoms with E-state index in [9.17, 15) is 13.2 Å². The summed E-state index contributed by atoms with van der Waals surface area (Å²) in [7, 11) is -1.64. The second-order valence-corrected chi connectivity index (χ2v) is 7.74. The lowest BCUT2D eigenvalue weighted by molar-refractivity contribution is -0.133. The minimum absolute atomic E-state index is 0.151. The summed E-state index contributed by atoms with van der Waals surface area (Å²) >= 11 is 0. The number of carbonyl (C=O) groups excluding carboxylic acids is 1. The van der Waals surface area contributed by atoms with E-state index < -0.39 is 16.1 Å². The smallest absolute Gasteiger partial charge is 0.241 e. The predicted molar refractivity (Wildman–Crippen MR) is 88.7 cm³/mol. The summed E-state index contributed by atoms with van der Waals surface area (Å²) in [6, 6.07) is 7.00. The first-order valence-electron chi connectivity index (χ1n) is 7.76. The number of hydrogen-bond donors (Lipinski definition) is 0. The van der Waals surface area contributed by atoms with Gasteiger partial charge in [-0.3, -0.25) is 4.79 Å². The van der Waals surface area contributed by atoms with Gasteiger partial charge in [-0.2, -0.15) is 4.31 Å². The SMILES string of the molecule is CCOc1ccc(CN(C)C(=O)[C@H]2CCCN2S(C)(=O)=O)cc1. The third kappa shape index (κ3) is 4.45. The van der Waals surface area contributed by atoms with Crippen LogP contribution in [0.2, 0.25) is 0 Å². The number of benzene rings is 1. The topological polar surface area (TPSA) is 66.9 Å². The van der Waals surface area contributed by atoms with Crippen LogP contribution in [0.3, 0.4) is 0 Å². The fourth-order valence-electron chi connectivity index (χ4n) is 2.85. The van der Waals surface area contributed by atoms with Crippen LogP contribution in [0, 0.1) is 0 Å². The molecule has 2 rings (SSSR count). The van der Waals surface area contributed by atoms with Gasteiger partial charge < -0.3 is 9.64 Å². The Kier molecular flexibility index (Phi) is 5.64. The van der Waals surface area contributed by atoms with Crippen LogP contribution < -0.4 is 4.74 Å². The third-order valence-corrected chi connectivity index (χ3v) is 5.23. The van der Waals surface area contributed by atoms with E-state index >= 15 is 0 Å². The van der Waals surface area contributed by atoms with E-state index in [4.69, 9.17) is 4.74 Å². The van der Waals surface area contributed by atoms with Crippen LogP contribution in [0.1, 0.15) is 25.3 Å². The van der Waals surface area contributed by atoms with E-state index in [1.165, 1.54) is 4.31 Å². The molecule has 1 amide bonds. The van der Waals surface area contributed by atoms with Crippen LogP contribution in [-0.2, 0) is 21.4 Å². The zero-order chi connectivity index (χ0) is 17.0. The lowest BCUT2D eigenvalue weighted by Gasteiger charge is -2.26. The van der Waals surface area contributed by atoms with Crippen LogP contribution in [0.25, 0.3) is 0 Å².